The number of rotatable bonds is 6. The molecular weight excluding hydrogens is 578 g/mol. The van der Waals surface area contributed by atoms with Crippen molar-refractivity contribution in [3.05, 3.63) is 69.6 Å². The molecule has 16 heteroatoms. The number of halogens is 5. The number of hydrogen-bond acceptors (Lipinski definition) is 6. The van der Waals surface area contributed by atoms with E-state index in [1.165, 1.54) is 16.8 Å². The number of benzene rings is 1. The minimum absolute atomic E-state index is 0.0105. The fraction of sp³-hybridized carbons (Fsp3) is 0.333. The molecule has 40 heavy (non-hydrogen) atoms. The molecule has 0 fully saturated rings. The summed E-state index contributed by atoms with van der Waals surface area (Å²) in [6.07, 6.45) is 2.13. The fourth-order valence-corrected chi connectivity index (χ4v) is 5.44. The zero-order chi connectivity index (χ0) is 29.0. The van der Waals surface area contributed by atoms with Gasteiger partial charge in [-0.1, -0.05) is 24.6 Å². The maximum Gasteiger partial charge on any atom is 0.511 e. The van der Waals surface area contributed by atoms with Crippen LogP contribution in [0.4, 0.5) is 17.6 Å². The highest BCUT2D eigenvalue weighted by Gasteiger charge is 2.50. The van der Waals surface area contributed by atoms with E-state index in [1.807, 2.05) is 13.8 Å². The standard InChI is InChI=1S/C24H22ClF4N7O3S/c1-3-18-21(35-11-16(25)13(2)8-19(35)31-18)23(37)30-10-14-4-5-15(17(26)9-14)22-32-20-12-34(6-7-36(20)33-22)40(38,39)24(27,28)29/h4-5,8-9,11H,3,6-7,10,12H2,1-2H3,(H,30,37). The summed E-state index contributed by atoms with van der Waals surface area (Å²) >= 11 is 6.24. The number of alkyl halides is 3. The molecule has 4 heterocycles. The zero-order valence-electron chi connectivity index (χ0n) is 21.1. The average molecular weight is 600 g/mol. The summed E-state index contributed by atoms with van der Waals surface area (Å²) in [4.78, 5) is 21.6. The van der Waals surface area contributed by atoms with E-state index in [-0.39, 0.29) is 34.6 Å². The van der Waals surface area contributed by atoms with E-state index >= 15 is 4.39 Å². The number of amides is 1. The van der Waals surface area contributed by atoms with Gasteiger partial charge in [-0.25, -0.2) is 27.5 Å². The average Bonchev–Trinajstić information content (AvgIpc) is 3.47. The molecule has 0 radical (unpaired) electrons. The summed E-state index contributed by atoms with van der Waals surface area (Å²) in [6.45, 7) is 2.43. The number of carbonyl (C=O) groups excluding carboxylic acids is 1. The van der Waals surface area contributed by atoms with Crippen LogP contribution < -0.4 is 5.32 Å². The van der Waals surface area contributed by atoms with Gasteiger partial charge < -0.3 is 5.32 Å². The predicted octanol–water partition coefficient (Wildman–Crippen LogP) is 3.85. The van der Waals surface area contributed by atoms with Crippen LogP contribution in [0, 0.1) is 12.7 Å². The maximum absolute atomic E-state index is 15.0. The van der Waals surface area contributed by atoms with Crippen LogP contribution >= 0.6 is 11.6 Å². The van der Waals surface area contributed by atoms with Crippen molar-refractivity contribution in [1.82, 2.24) is 33.8 Å². The Kier molecular flexibility index (Phi) is 7.08. The molecule has 1 aromatic carbocycles. The summed E-state index contributed by atoms with van der Waals surface area (Å²) in [5.41, 5.74) is -2.73. The van der Waals surface area contributed by atoms with E-state index in [0.717, 1.165) is 5.56 Å². The second-order valence-corrected chi connectivity index (χ2v) is 11.5. The van der Waals surface area contributed by atoms with Crippen molar-refractivity contribution in [2.24, 2.45) is 0 Å². The lowest BCUT2D eigenvalue weighted by atomic mass is 10.1. The van der Waals surface area contributed by atoms with Crippen LogP contribution in [0.5, 0.6) is 0 Å². The van der Waals surface area contributed by atoms with Crippen molar-refractivity contribution < 1.29 is 30.8 Å². The number of sulfonamides is 1. The molecule has 1 aliphatic rings. The first-order chi connectivity index (χ1) is 18.8. The molecule has 212 valence electrons. The number of carbonyl (C=O) groups is 1. The third-order valence-corrected chi connectivity index (χ3v) is 8.48. The lowest BCUT2D eigenvalue weighted by molar-refractivity contribution is -0.0496. The molecule has 0 saturated heterocycles. The van der Waals surface area contributed by atoms with Gasteiger partial charge in [0.25, 0.3) is 5.91 Å². The molecular formula is C24H22ClF4N7O3S. The van der Waals surface area contributed by atoms with E-state index in [9.17, 15) is 26.4 Å². The molecule has 0 bridgehead atoms. The van der Waals surface area contributed by atoms with Gasteiger partial charge in [0.05, 0.1) is 29.4 Å². The van der Waals surface area contributed by atoms with Crippen LogP contribution in [0.2, 0.25) is 5.02 Å². The Bertz CT molecular complexity index is 1750. The monoisotopic (exact) mass is 599 g/mol. The predicted molar refractivity (Wildman–Crippen MR) is 136 cm³/mol. The molecule has 0 saturated carbocycles. The van der Waals surface area contributed by atoms with Crippen molar-refractivity contribution >= 4 is 33.2 Å². The maximum atomic E-state index is 15.0. The fourth-order valence-electron chi connectivity index (χ4n) is 4.39. The summed E-state index contributed by atoms with van der Waals surface area (Å²) < 4.78 is 80.4. The highest BCUT2D eigenvalue weighted by atomic mass is 35.5. The molecule has 1 amide bonds. The molecule has 1 aliphatic heterocycles. The number of pyridine rings is 1. The lowest BCUT2D eigenvalue weighted by Crippen LogP contribution is -2.44. The van der Waals surface area contributed by atoms with Crippen LogP contribution in [0.3, 0.4) is 0 Å². The quantitative estimate of drug-likeness (QED) is 0.337. The SMILES string of the molecule is CCc1nc2cc(C)c(Cl)cn2c1C(=O)NCc1ccc(-c2nc3n(n2)CCN(S(=O)(=O)C(F)(F)F)C3)c(F)c1. The molecule has 0 unspecified atom stereocenters. The van der Waals surface area contributed by atoms with Gasteiger partial charge in [-0.05, 0) is 42.7 Å². The van der Waals surface area contributed by atoms with E-state index in [4.69, 9.17) is 11.6 Å². The smallest absolute Gasteiger partial charge is 0.347 e. The van der Waals surface area contributed by atoms with E-state index in [0.29, 0.717) is 34.0 Å². The van der Waals surface area contributed by atoms with Crippen molar-refractivity contribution in [3.8, 4) is 11.4 Å². The van der Waals surface area contributed by atoms with Gasteiger partial charge in [0, 0.05) is 19.3 Å². The Balaban J connectivity index is 1.32. The van der Waals surface area contributed by atoms with Gasteiger partial charge in [0.15, 0.2) is 5.82 Å². The van der Waals surface area contributed by atoms with Crippen molar-refractivity contribution in [1.29, 1.82) is 0 Å². The van der Waals surface area contributed by atoms with E-state index < -0.39 is 40.3 Å². The minimum Gasteiger partial charge on any atom is -0.347 e. The highest BCUT2D eigenvalue weighted by Crippen LogP contribution is 2.30. The zero-order valence-corrected chi connectivity index (χ0v) is 22.7. The van der Waals surface area contributed by atoms with Gasteiger partial charge in [-0.3, -0.25) is 9.20 Å². The van der Waals surface area contributed by atoms with Gasteiger partial charge in [0.1, 0.15) is 23.0 Å². The Morgan fingerprint density at radius 3 is 2.60 bits per heavy atom. The summed E-state index contributed by atoms with van der Waals surface area (Å²) in [5.74, 6) is -1.28. The third kappa shape index (κ3) is 4.92. The highest BCUT2D eigenvalue weighted by molar-refractivity contribution is 7.89. The number of hydrogen-bond donors (Lipinski definition) is 1. The van der Waals surface area contributed by atoms with Crippen molar-refractivity contribution in [2.45, 2.75) is 45.4 Å². The molecule has 0 aliphatic carbocycles. The molecule has 0 atom stereocenters. The Labute approximate surface area is 230 Å². The normalized spacial score (nSPS) is 14.5. The number of aromatic nitrogens is 5. The summed E-state index contributed by atoms with van der Waals surface area (Å²) in [5, 5.41) is 7.37. The summed E-state index contributed by atoms with van der Waals surface area (Å²) in [6, 6.07) is 5.90. The number of nitrogens with one attached hydrogen (secondary N) is 1. The largest absolute Gasteiger partial charge is 0.511 e. The molecule has 3 aromatic heterocycles. The first-order valence-electron chi connectivity index (χ1n) is 12.0. The molecule has 5 rings (SSSR count). The molecule has 0 spiro atoms. The Morgan fingerprint density at radius 2 is 1.93 bits per heavy atom. The van der Waals surface area contributed by atoms with Crippen LogP contribution in [-0.4, -0.2) is 54.8 Å². The van der Waals surface area contributed by atoms with Crippen LogP contribution in [-0.2, 0) is 36.1 Å². The van der Waals surface area contributed by atoms with E-state index in [2.05, 4.69) is 20.4 Å². The van der Waals surface area contributed by atoms with Crippen molar-refractivity contribution in [2.75, 3.05) is 6.54 Å². The van der Waals surface area contributed by atoms with Gasteiger partial charge in [0.2, 0.25) is 0 Å². The number of aryl methyl sites for hydroxylation is 2. The van der Waals surface area contributed by atoms with Crippen molar-refractivity contribution in [3.63, 3.8) is 0 Å². The second-order valence-electron chi connectivity index (χ2n) is 9.15. The minimum atomic E-state index is -5.53. The Hall–Kier alpha value is -3.56. The van der Waals surface area contributed by atoms with Gasteiger partial charge in [-0.2, -0.15) is 22.6 Å². The number of nitrogens with zero attached hydrogens (tertiary/aromatic N) is 6. The summed E-state index contributed by atoms with van der Waals surface area (Å²) in [7, 11) is -5.53. The van der Waals surface area contributed by atoms with Gasteiger partial charge in [-0.15, -0.1) is 0 Å². The third-order valence-electron chi connectivity index (χ3n) is 6.51. The first kappa shape index (κ1) is 28.0. The van der Waals surface area contributed by atoms with Crippen LogP contribution in [0.1, 0.15) is 40.1 Å². The van der Waals surface area contributed by atoms with Crippen LogP contribution in [0.15, 0.2) is 30.5 Å². The number of imidazole rings is 1. The molecule has 4 aromatic rings. The Morgan fingerprint density at radius 1 is 1.18 bits per heavy atom. The van der Waals surface area contributed by atoms with Crippen LogP contribution in [0.25, 0.3) is 17.0 Å². The first-order valence-corrected chi connectivity index (χ1v) is 13.9. The lowest BCUT2D eigenvalue weighted by Gasteiger charge is -2.26. The topological polar surface area (TPSA) is 114 Å². The molecule has 1 N–H and O–H groups in total. The molecule has 10 nitrogen and oxygen atoms in total. The van der Waals surface area contributed by atoms with Gasteiger partial charge >= 0.3 is 15.5 Å². The van der Waals surface area contributed by atoms with E-state index in [1.54, 1.807) is 22.7 Å². The second kappa shape index (κ2) is 10.1. The number of fused-ring (bicyclic) bond motifs is 2.